The normalized spacial score (nSPS) is 11.4. The first-order chi connectivity index (χ1) is 12.6. The Kier molecular flexibility index (Phi) is 6.99. The number of thiophene rings is 1. The van der Waals surface area contributed by atoms with Crippen molar-refractivity contribution in [3.05, 3.63) is 51.2 Å². The Labute approximate surface area is 167 Å². The number of ether oxygens (including phenoxy) is 1. The highest BCUT2D eigenvalue weighted by Gasteiger charge is 2.20. The van der Waals surface area contributed by atoms with E-state index in [2.05, 4.69) is 0 Å². The molecule has 10 heteroatoms. The number of nitrogens with zero attached hydrogens (tertiary/aromatic N) is 2. The van der Waals surface area contributed by atoms with E-state index in [1.165, 1.54) is 54.6 Å². The van der Waals surface area contributed by atoms with Crippen molar-refractivity contribution in [3.8, 4) is 0 Å². The molecule has 1 aromatic heterocycles. The van der Waals surface area contributed by atoms with E-state index in [1.54, 1.807) is 13.1 Å². The summed E-state index contributed by atoms with van der Waals surface area (Å²) in [7, 11) is 0.719. The Bertz CT molecular complexity index is 940. The molecule has 0 unspecified atom stereocenters. The molecular weight excluding hydrogens is 412 g/mol. The summed E-state index contributed by atoms with van der Waals surface area (Å²) in [4.78, 5) is 26.6. The molecule has 27 heavy (non-hydrogen) atoms. The minimum atomic E-state index is -3.67. The number of carbonyl (C=O) groups is 2. The van der Waals surface area contributed by atoms with Gasteiger partial charge in [-0.15, -0.1) is 11.3 Å². The number of likely N-dealkylation sites (N-methyl/N-ethyl adjacent to an activating group) is 1. The molecule has 0 bridgehead atoms. The van der Waals surface area contributed by atoms with Gasteiger partial charge in [0.25, 0.3) is 5.91 Å². The summed E-state index contributed by atoms with van der Waals surface area (Å²) in [6, 6.07) is 9.05. The molecule has 146 valence electrons. The van der Waals surface area contributed by atoms with Gasteiger partial charge in [-0.05, 0) is 30.3 Å². The molecule has 1 aromatic carbocycles. The lowest BCUT2D eigenvalue weighted by Crippen LogP contribution is -2.30. The number of benzene rings is 1. The molecule has 0 aliphatic heterocycles. The molecule has 0 atom stereocenters. The van der Waals surface area contributed by atoms with Crippen LogP contribution in [0.25, 0.3) is 0 Å². The minimum Gasteiger partial charge on any atom is -0.452 e. The van der Waals surface area contributed by atoms with Gasteiger partial charge in [0.05, 0.1) is 21.3 Å². The average molecular weight is 431 g/mol. The molecule has 0 aliphatic rings. The summed E-state index contributed by atoms with van der Waals surface area (Å²) in [5, 5.41) is 0. The van der Waals surface area contributed by atoms with E-state index in [0.29, 0.717) is 10.9 Å². The number of sulfonamides is 1. The SMILES string of the molecule is CN(Cc1ccc(Cl)s1)C(=O)COC(=O)c1cccc(S(=O)(=O)N(C)C)c1. The predicted molar refractivity (Wildman–Crippen MR) is 103 cm³/mol. The average Bonchev–Trinajstić information content (AvgIpc) is 3.03. The van der Waals surface area contributed by atoms with Crippen molar-refractivity contribution in [1.82, 2.24) is 9.21 Å². The van der Waals surface area contributed by atoms with Crippen LogP contribution in [0.4, 0.5) is 0 Å². The van der Waals surface area contributed by atoms with Crippen LogP contribution in [0.5, 0.6) is 0 Å². The van der Waals surface area contributed by atoms with E-state index in [9.17, 15) is 18.0 Å². The molecule has 0 saturated heterocycles. The molecule has 0 aliphatic carbocycles. The molecule has 0 fully saturated rings. The van der Waals surface area contributed by atoms with Crippen molar-refractivity contribution in [1.29, 1.82) is 0 Å². The first kappa shape index (κ1) is 21.4. The van der Waals surface area contributed by atoms with Crippen LogP contribution in [0, 0.1) is 0 Å². The van der Waals surface area contributed by atoms with Crippen molar-refractivity contribution in [2.24, 2.45) is 0 Å². The highest BCUT2D eigenvalue weighted by Crippen LogP contribution is 2.22. The highest BCUT2D eigenvalue weighted by molar-refractivity contribution is 7.89. The standard InChI is InChI=1S/C17H19ClN2O5S2/c1-19(2)27(23,24)14-6-4-5-12(9-14)17(22)25-11-16(21)20(3)10-13-7-8-15(18)26-13/h4-9H,10-11H2,1-3H3. The lowest BCUT2D eigenvalue weighted by atomic mass is 10.2. The summed E-state index contributed by atoms with van der Waals surface area (Å²) in [5.41, 5.74) is 0.0541. The van der Waals surface area contributed by atoms with Crippen LogP contribution in [-0.2, 0) is 26.1 Å². The smallest absolute Gasteiger partial charge is 0.338 e. The molecule has 2 aromatic rings. The maximum atomic E-state index is 12.2. The number of hydrogen-bond acceptors (Lipinski definition) is 6. The van der Waals surface area contributed by atoms with Crippen LogP contribution in [-0.4, -0.2) is 57.2 Å². The van der Waals surface area contributed by atoms with E-state index in [1.807, 2.05) is 6.07 Å². The monoisotopic (exact) mass is 430 g/mol. The first-order valence-electron chi connectivity index (χ1n) is 7.79. The molecular formula is C17H19ClN2O5S2. The Hall–Kier alpha value is -1.94. The number of rotatable bonds is 7. The van der Waals surface area contributed by atoms with Crippen LogP contribution in [0.3, 0.4) is 0 Å². The molecule has 7 nitrogen and oxygen atoms in total. The van der Waals surface area contributed by atoms with Crippen molar-refractivity contribution in [3.63, 3.8) is 0 Å². The maximum absolute atomic E-state index is 12.2. The zero-order valence-electron chi connectivity index (χ0n) is 15.0. The van der Waals surface area contributed by atoms with Gasteiger partial charge in [-0.3, -0.25) is 4.79 Å². The Balaban J connectivity index is 1.98. The van der Waals surface area contributed by atoms with E-state index in [4.69, 9.17) is 16.3 Å². The molecule has 1 heterocycles. The number of amides is 1. The minimum absolute atomic E-state index is 0.0278. The van der Waals surface area contributed by atoms with Gasteiger partial charge in [0.1, 0.15) is 0 Å². The van der Waals surface area contributed by atoms with E-state index < -0.39 is 22.6 Å². The number of carbonyl (C=O) groups excluding carboxylic acids is 2. The predicted octanol–water partition coefficient (Wildman–Crippen LogP) is 2.47. The second-order valence-electron chi connectivity index (χ2n) is 5.85. The van der Waals surface area contributed by atoms with E-state index in [-0.39, 0.29) is 16.4 Å². The van der Waals surface area contributed by atoms with Gasteiger partial charge in [0, 0.05) is 26.0 Å². The third-order valence-corrected chi connectivity index (χ3v) is 6.65. The molecule has 0 radical (unpaired) electrons. The molecule has 2 rings (SSSR count). The van der Waals surface area contributed by atoms with Gasteiger partial charge in [0.2, 0.25) is 10.0 Å². The largest absolute Gasteiger partial charge is 0.452 e. The first-order valence-corrected chi connectivity index (χ1v) is 10.4. The fourth-order valence-electron chi connectivity index (χ4n) is 2.07. The van der Waals surface area contributed by atoms with Crippen molar-refractivity contribution in [2.75, 3.05) is 27.7 Å². The van der Waals surface area contributed by atoms with Gasteiger partial charge in [-0.2, -0.15) is 0 Å². The quantitative estimate of drug-likeness (QED) is 0.630. The molecule has 0 N–H and O–H groups in total. The fraction of sp³-hybridized carbons (Fsp3) is 0.294. The van der Waals surface area contributed by atoms with Crippen LogP contribution in [0.1, 0.15) is 15.2 Å². The van der Waals surface area contributed by atoms with Crippen molar-refractivity contribution >= 4 is 44.8 Å². The van der Waals surface area contributed by atoms with Crippen molar-refractivity contribution in [2.45, 2.75) is 11.4 Å². The third-order valence-electron chi connectivity index (χ3n) is 3.62. The van der Waals surface area contributed by atoms with Gasteiger partial charge >= 0.3 is 5.97 Å². The molecule has 0 saturated carbocycles. The summed E-state index contributed by atoms with van der Waals surface area (Å²) >= 11 is 7.22. The second-order valence-corrected chi connectivity index (χ2v) is 9.80. The summed E-state index contributed by atoms with van der Waals surface area (Å²) in [6.45, 7) is -0.0938. The summed E-state index contributed by atoms with van der Waals surface area (Å²) < 4.78 is 31.0. The van der Waals surface area contributed by atoms with Crippen LogP contribution >= 0.6 is 22.9 Å². The van der Waals surface area contributed by atoms with Gasteiger partial charge in [-0.1, -0.05) is 17.7 Å². The summed E-state index contributed by atoms with van der Waals surface area (Å²) in [5.74, 6) is -1.16. The Morgan fingerprint density at radius 2 is 1.85 bits per heavy atom. The Morgan fingerprint density at radius 1 is 1.15 bits per heavy atom. The highest BCUT2D eigenvalue weighted by atomic mass is 35.5. The summed E-state index contributed by atoms with van der Waals surface area (Å²) in [6.07, 6.45) is 0. The number of esters is 1. The number of halogens is 1. The van der Waals surface area contributed by atoms with Gasteiger partial charge in [-0.25, -0.2) is 17.5 Å². The zero-order valence-corrected chi connectivity index (χ0v) is 17.4. The lowest BCUT2D eigenvalue weighted by Gasteiger charge is -2.16. The lowest BCUT2D eigenvalue weighted by molar-refractivity contribution is -0.133. The Morgan fingerprint density at radius 3 is 2.44 bits per heavy atom. The third kappa shape index (κ3) is 5.52. The van der Waals surface area contributed by atoms with Crippen LogP contribution < -0.4 is 0 Å². The fourth-order valence-corrected chi connectivity index (χ4v) is 4.16. The van der Waals surface area contributed by atoms with Crippen LogP contribution in [0.15, 0.2) is 41.3 Å². The van der Waals surface area contributed by atoms with Gasteiger partial charge < -0.3 is 9.64 Å². The second kappa shape index (κ2) is 8.83. The molecule has 1 amide bonds. The van der Waals surface area contributed by atoms with E-state index >= 15 is 0 Å². The number of hydrogen-bond donors (Lipinski definition) is 0. The topological polar surface area (TPSA) is 84.0 Å². The van der Waals surface area contributed by atoms with Crippen molar-refractivity contribution < 1.29 is 22.7 Å². The molecule has 0 spiro atoms. The maximum Gasteiger partial charge on any atom is 0.338 e. The van der Waals surface area contributed by atoms with Gasteiger partial charge in [0.15, 0.2) is 6.61 Å². The van der Waals surface area contributed by atoms with E-state index in [0.717, 1.165) is 9.18 Å². The zero-order chi connectivity index (χ0) is 20.2. The van der Waals surface area contributed by atoms with Crippen LogP contribution in [0.2, 0.25) is 4.34 Å².